The van der Waals surface area contributed by atoms with E-state index in [1.807, 2.05) is 0 Å². The first-order valence-corrected chi connectivity index (χ1v) is 7.48. The normalized spacial score (nSPS) is 12.3. The van der Waals surface area contributed by atoms with Crippen molar-refractivity contribution in [1.82, 2.24) is 5.32 Å². The highest BCUT2D eigenvalue weighted by atomic mass is 14.9. The first kappa shape index (κ1) is 14.8. The Kier molecular flexibility index (Phi) is 5.37. The maximum atomic E-state index is 3.61. The number of benzene rings is 2. The highest BCUT2D eigenvalue weighted by molar-refractivity contribution is 5.23. The minimum absolute atomic E-state index is 0.538. The molecule has 0 aliphatic heterocycles. The van der Waals surface area contributed by atoms with Crippen LogP contribution in [0.25, 0.3) is 0 Å². The number of aryl methyl sites for hydroxylation is 3. The van der Waals surface area contributed by atoms with E-state index in [0.717, 1.165) is 13.0 Å². The summed E-state index contributed by atoms with van der Waals surface area (Å²) in [6.07, 6.45) is 2.32. The summed E-state index contributed by atoms with van der Waals surface area (Å²) < 4.78 is 0. The fourth-order valence-electron chi connectivity index (χ4n) is 2.47. The molecule has 1 atom stereocenters. The lowest BCUT2D eigenvalue weighted by molar-refractivity contribution is 0.514. The lowest BCUT2D eigenvalue weighted by Crippen LogP contribution is -2.26. The van der Waals surface area contributed by atoms with Gasteiger partial charge in [0, 0.05) is 12.6 Å². The molecule has 0 saturated heterocycles. The maximum absolute atomic E-state index is 3.61. The van der Waals surface area contributed by atoms with E-state index in [0.29, 0.717) is 6.04 Å². The summed E-state index contributed by atoms with van der Waals surface area (Å²) in [5.74, 6) is 0. The van der Waals surface area contributed by atoms with Gasteiger partial charge in [0.1, 0.15) is 0 Å². The second kappa shape index (κ2) is 7.25. The van der Waals surface area contributed by atoms with Crippen LogP contribution in [0.4, 0.5) is 0 Å². The molecule has 0 aliphatic carbocycles. The van der Waals surface area contributed by atoms with E-state index in [9.17, 15) is 0 Å². The fourth-order valence-corrected chi connectivity index (χ4v) is 2.47. The van der Waals surface area contributed by atoms with Crippen LogP contribution in [0.2, 0.25) is 0 Å². The summed E-state index contributed by atoms with van der Waals surface area (Å²) in [5, 5.41) is 3.61. The molecule has 1 nitrogen and oxygen atoms in total. The van der Waals surface area contributed by atoms with Crippen molar-refractivity contribution in [3.8, 4) is 0 Å². The molecule has 2 aromatic carbocycles. The Morgan fingerprint density at radius 3 is 2.15 bits per heavy atom. The fraction of sp³-hybridized carbons (Fsp3) is 0.368. The highest BCUT2D eigenvalue weighted by Gasteiger charge is 2.03. The zero-order chi connectivity index (χ0) is 14.4. The molecule has 106 valence electrons. The molecule has 2 rings (SSSR count). The minimum atomic E-state index is 0.538. The third-order valence-electron chi connectivity index (χ3n) is 3.69. The molecule has 2 aromatic rings. The van der Waals surface area contributed by atoms with E-state index < -0.39 is 0 Å². The van der Waals surface area contributed by atoms with Crippen molar-refractivity contribution in [3.05, 3.63) is 70.8 Å². The molecule has 1 unspecified atom stereocenters. The Balaban J connectivity index is 1.77. The molecule has 0 bridgehead atoms. The minimum Gasteiger partial charge on any atom is -0.310 e. The van der Waals surface area contributed by atoms with E-state index in [2.05, 4.69) is 74.6 Å². The van der Waals surface area contributed by atoms with Crippen molar-refractivity contribution >= 4 is 0 Å². The van der Waals surface area contributed by atoms with E-state index in [4.69, 9.17) is 0 Å². The van der Waals surface area contributed by atoms with Crippen molar-refractivity contribution in [2.24, 2.45) is 0 Å². The molecule has 0 radical (unpaired) electrons. The van der Waals surface area contributed by atoms with Gasteiger partial charge in [-0.15, -0.1) is 0 Å². The monoisotopic (exact) mass is 267 g/mol. The molecular weight excluding hydrogens is 242 g/mol. The largest absolute Gasteiger partial charge is 0.310 e. The van der Waals surface area contributed by atoms with Gasteiger partial charge in [-0.25, -0.2) is 0 Å². The van der Waals surface area contributed by atoms with Crippen LogP contribution < -0.4 is 5.32 Å². The maximum Gasteiger partial charge on any atom is 0.0208 e. The second-order valence-corrected chi connectivity index (χ2v) is 5.80. The predicted octanol–water partition coefficient (Wildman–Crippen LogP) is 4.41. The van der Waals surface area contributed by atoms with E-state index in [1.54, 1.807) is 0 Å². The summed E-state index contributed by atoms with van der Waals surface area (Å²) in [7, 11) is 0. The predicted molar refractivity (Wildman–Crippen MR) is 87.0 cm³/mol. The van der Waals surface area contributed by atoms with Crippen LogP contribution >= 0.6 is 0 Å². The van der Waals surface area contributed by atoms with Gasteiger partial charge in [-0.05, 0) is 44.7 Å². The molecule has 0 aliphatic rings. The van der Waals surface area contributed by atoms with Gasteiger partial charge in [-0.2, -0.15) is 0 Å². The van der Waals surface area contributed by atoms with E-state index >= 15 is 0 Å². The Morgan fingerprint density at radius 1 is 0.900 bits per heavy atom. The lowest BCUT2D eigenvalue weighted by atomic mass is 10.0. The van der Waals surface area contributed by atoms with Crippen LogP contribution in [0, 0.1) is 13.8 Å². The zero-order valence-corrected chi connectivity index (χ0v) is 12.8. The third kappa shape index (κ3) is 4.82. The van der Waals surface area contributed by atoms with Crippen LogP contribution in [-0.4, -0.2) is 6.04 Å². The van der Waals surface area contributed by atoms with Gasteiger partial charge >= 0.3 is 0 Å². The molecular formula is C19H25N. The van der Waals surface area contributed by atoms with Crippen molar-refractivity contribution in [2.75, 3.05) is 0 Å². The quantitative estimate of drug-likeness (QED) is 0.817. The van der Waals surface area contributed by atoms with Gasteiger partial charge in [-0.1, -0.05) is 59.7 Å². The number of hydrogen-bond donors (Lipinski definition) is 1. The first-order chi connectivity index (χ1) is 9.63. The number of hydrogen-bond acceptors (Lipinski definition) is 1. The molecule has 0 fully saturated rings. The topological polar surface area (TPSA) is 12.0 Å². The van der Waals surface area contributed by atoms with Gasteiger partial charge < -0.3 is 5.32 Å². The summed E-state index contributed by atoms with van der Waals surface area (Å²) in [5.41, 5.74) is 5.49. The van der Waals surface area contributed by atoms with Crippen molar-refractivity contribution in [1.29, 1.82) is 0 Å². The molecule has 0 saturated carbocycles. The zero-order valence-electron chi connectivity index (χ0n) is 12.8. The van der Waals surface area contributed by atoms with Crippen LogP contribution in [0.5, 0.6) is 0 Å². The molecule has 0 heterocycles. The number of nitrogens with one attached hydrogen (secondary N) is 1. The standard InChI is InChI=1S/C19H25N/c1-15-6-4-8-18(12-15)11-10-17(3)20-14-19-9-5-7-16(2)13-19/h4-9,12-13,17,20H,10-11,14H2,1-3H3. The first-order valence-electron chi connectivity index (χ1n) is 7.48. The molecule has 0 spiro atoms. The van der Waals surface area contributed by atoms with Crippen molar-refractivity contribution in [3.63, 3.8) is 0 Å². The highest BCUT2D eigenvalue weighted by Crippen LogP contribution is 2.09. The lowest BCUT2D eigenvalue weighted by Gasteiger charge is -2.14. The Labute approximate surface area is 123 Å². The molecule has 20 heavy (non-hydrogen) atoms. The third-order valence-corrected chi connectivity index (χ3v) is 3.69. The Hall–Kier alpha value is -1.60. The average Bonchev–Trinajstić information content (AvgIpc) is 2.43. The van der Waals surface area contributed by atoms with E-state index in [-0.39, 0.29) is 0 Å². The SMILES string of the molecule is Cc1cccc(CCC(C)NCc2cccc(C)c2)c1. The summed E-state index contributed by atoms with van der Waals surface area (Å²) in [4.78, 5) is 0. The van der Waals surface area contributed by atoms with Gasteiger partial charge in [0.15, 0.2) is 0 Å². The van der Waals surface area contributed by atoms with Crippen molar-refractivity contribution < 1.29 is 0 Å². The van der Waals surface area contributed by atoms with Gasteiger partial charge in [0.2, 0.25) is 0 Å². The van der Waals surface area contributed by atoms with Gasteiger partial charge in [0.25, 0.3) is 0 Å². The Bertz CT molecular complexity index is 495. The molecule has 1 heteroatoms. The van der Waals surface area contributed by atoms with Crippen LogP contribution in [0.1, 0.15) is 35.6 Å². The van der Waals surface area contributed by atoms with Gasteiger partial charge in [-0.3, -0.25) is 0 Å². The number of rotatable bonds is 6. The Morgan fingerprint density at radius 2 is 1.50 bits per heavy atom. The smallest absolute Gasteiger partial charge is 0.0208 e. The van der Waals surface area contributed by atoms with Crippen LogP contribution in [-0.2, 0) is 13.0 Å². The van der Waals surface area contributed by atoms with Crippen molar-refractivity contribution in [2.45, 2.75) is 46.2 Å². The molecule has 0 aromatic heterocycles. The average molecular weight is 267 g/mol. The van der Waals surface area contributed by atoms with Crippen LogP contribution in [0.3, 0.4) is 0 Å². The summed E-state index contributed by atoms with van der Waals surface area (Å²) in [6, 6.07) is 18.1. The molecule has 0 amide bonds. The summed E-state index contributed by atoms with van der Waals surface area (Å²) >= 11 is 0. The van der Waals surface area contributed by atoms with E-state index in [1.165, 1.54) is 28.7 Å². The summed E-state index contributed by atoms with van der Waals surface area (Å²) in [6.45, 7) is 7.52. The molecule has 1 N–H and O–H groups in total. The van der Waals surface area contributed by atoms with Gasteiger partial charge in [0.05, 0.1) is 0 Å². The van der Waals surface area contributed by atoms with Crippen LogP contribution in [0.15, 0.2) is 48.5 Å². The second-order valence-electron chi connectivity index (χ2n) is 5.80.